The van der Waals surface area contributed by atoms with Crippen molar-refractivity contribution in [2.24, 2.45) is 11.8 Å². The van der Waals surface area contributed by atoms with Gasteiger partial charge in [-0.3, -0.25) is 5.43 Å². The van der Waals surface area contributed by atoms with Gasteiger partial charge in [0.25, 0.3) is 0 Å². The van der Waals surface area contributed by atoms with E-state index in [4.69, 9.17) is 10.6 Å². The highest BCUT2D eigenvalue weighted by Crippen LogP contribution is 2.28. The molecule has 0 aliphatic carbocycles. The maximum atomic E-state index is 5.46. The number of thiophene rings is 1. The lowest BCUT2D eigenvalue weighted by Crippen LogP contribution is -2.36. The molecule has 0 bridgehead atoms. The number of nitrogens with zero attached hydrogens (tertiary/aromatic N) is 2. The Labute approximate surface area is 115 Å². The highest BCUT2D eigenvalue weighted by atomic mass is 32.1. The maximum absolute atomic E-state index is 5.46. The van der Waals surface area contributed by atoms with Crippen molar-refractivity contribution in [2.75, 3.05) is 24.0 Å². The summed E-state index contributed by atoms with van der Waals surface area (Å²) < 4.78 is 5.46. The van der Waals surface area contributed by atoms with Gasteiger partial charge >= 0.3 is 0 Å². The smallest absolute Gasteiger partial charge is 0.240 e. The van der Waals surface area contributed by atoms with Crippen LogP contribution >= 0.6 is 11.3 Å². The van der Waals surface area contributed by atoms with Gasteiger partial charge in [-0.15, -0.1) is 11.3 Å². The number of rotatable bonds is 3. The fourth-order valence-electron chi connectivity index (χ4n) is 2.30. The highest BCUT2D eigenvalue weighted by molar-refractivity contribution is 7.16. The van der Waals surface area contributed by atoms with Crippen molar-refractivity contribution in [3.05, 3.63) is 11.4 Å². The number of hydrogen-bond acceptors (Lipinski definition) is 7. The number of hydrazine groups is 1. The van der Waals surface area contributed by atoms with Crippen LogP contribution in [0.1, 0.15) is 13.3 Å². The Morgan fingerprint density at radius 2 is 2.37 bits per heavy atom. The first kappa shape index (κ1) is 12.6. The molecule has 102 valence electrons. The van der Waals surface area contributed by atoms with Crippen LogP contribution in [-0.2, 0) is 4.74 Å². The minimum absolute atomic E-state index is 0.373. The van der Waals surface area contributed by atoms with E-state index in [2.05, 4.69) is 27.6 Å². The van der Waals surface area contributed by atoms with E-state index in [1.165, 1.54) is 0 Å². The lowest BCUT2D eigenvalue weighted by molar-refractivity contribution is 0.0537. The van der Waals surface area contributed by atoms with E-state index in [1.54, 1.807) is 11.3 Å². The normalized spacial score (nSPS) is 23.5. The zero-order valence-corrected chi connectivity index (χ0v) is 11.5. The van der Waals surface area contributed by atoms with Gasteiger partial charge in [0.2, 0.25) is 5.95 Å². The Morgan fingerprint density at radius 1 is 1.47 bits per heavy atom. The summed E-state index contributed by atoms with van der Waals surface area (Å²) in [7, 11) is 0. The molecule has 1 aliphatic rings. The van der Waals surface area contributed by atoms with Crippen LogP contribution in [0.4, 0.5) is 11.8 Å². The van der Waals surface area contributed by atoms with Gasteiger partial charge < -0.3 is 10.1 Å². The molecule has 2 aromatic heterocycles. The average molecular weight is 279 g/mol. The molecule has 0 spiro atoms. The van der Waals surface area contributed by atoms with Crippen molar-refractivity contribution in [3.63, 3.8) is 0 Å². The molecular formula is C12H17N5OS. The molecule has 4 N–H and O–H groups in total. The molecule has 3 heterocycles. The van der Waals surface area contributed by atoms with Crippen molar-refractivity contribution >= 4 is 33.3 Å². The van der Waals surface area contributed by atoms with Crippen LogP contribution < -0.4 is 16.6 Å². The molecule has 6 nitrogen and oxygen atoms in total. The Hall–Kier alpha value is -1.44. The molecule has 1 saturated heterocycles. The molecule has 3 rings (SSSR count). The highest BCUT2D eigenvalue weighted by Gasteiger charge is 2.23. The summed E-state index contributed by atoms with van der Waals surface area (Å²) in [6.45, 7) is 3.77. The van der Waals surface area contributed by atoms with Crippen LogP contribution in [0.5, 0.6) is 0 Å². The number of nitrogens with one attached hydrogen (secondary N) is 2. The van der Waals surface area contributed by atoms with E-state index in [9.17, 15) is 0 Å². The standard InChI is InChI=1S/C12H17N5OS/c1-7-6-18-4-2-9(7)14-10-8-3-5-19-11(8)16-12(15-10)17-13/h3,5,7,9H,2,4,6,13H2,1H3,(H2,14,15,16,17). The predicted octanol–water partition coefficient (Wildman–Crippen LogP) is 1.81. The summed E-state index contributed by atoms with van der Waals surface area (Å²) in [5.41, 5.74) is 2.52. The molecule has 19 heavy (non-hydrogen) atoms. The molecular weight excluding hydrogens is 262 g/mol. The van der Waals surface area contributed by atoms with E-state index < -0.39 is 0 Å². The summed E-state index contributed by atoms with van der Waals surface area (Å²) in [5.74, 6) is 7.17. The van der Waals surface area contributed by atoms with Crippen molar-refractivity contribution in [3.8, 4) is 0 Å². The number of aromatic nitrogens is 2. The number of fused-ring (bicyclic) bond motifs is 1. The third-order valence-electron chi connectivity index (χ3n) is 3.42. The quantitative estimate of drug-likeness (QED) is 0.587. The maximum Gasteiger partial charge on any atom is 0.240 e. The minimum atomic E-state index is 0.373. The summed E-state index contributed by atoms with van der Waals surface area (Å²) >= 11 is 1.58. The lowest BCUT2D eigenvalue weighted by Gasteiger charge is -2.30. The second-order valence-electron chi connectivity index (χ2n) is 4.77. The van der Waals surface area contributed by atoms with Crippen molar-refractivity contribution < 1.29 is 4.74 Å². The van der Waals surface area contributed by atoms with Crippen LogP contribution in [0.15, 0.2) is 11.4 Å². The lowest BCUT2D eigenvalue weighted by atomic mass is 9.98. The second-order valence-corrected chi connectivity index (χ2v) is 5.67. The molecule has 0 amide bonds. The number of nitrogens with two attached hydrogens (primary N) is 1. The molecule has 0 saturated carbocycles. The van der Waals surface area contributed by atoms with Gasteiger partial charge in [0.05, 0.1) is 12.0 Å². The number of anilines is 2. The number of ether oxygens (including phenoxy) is 1. The molecule has 2 atom stereocenters. The van der Waals surface area contributed by atoms with Crippen molar-refractivity contribution in [2.45, 2.75) is 19.4 Å². The second kappa shape index (κ2) is 5.28. The first-order chi connectivity index (χ1) is 9.28. The molecule has 1 fully saturated rings. The largest absolute Gasteiger partial charge is 0.381 e. The Balaban J connectivity index is 1.92. The Kier molecular flexibility index (Phi) is 3.50. The average Bonchev–Trinajstić information content (AvgIpc) is 2.89. The first-order valence-corrected chi connectivity index (χ1v) is 7.22. The summed E-state index contributed by atoms with van der Waals surface area (Å²) in [5, 5.41) is 6.57. The molecule has 0 aromatic carbocycles. The van der Waals surface area contributed by atoms with Gasteiger partial charge in [0.1, 0.15) is 10.6 Å². The van der Waals surface area contributed by atoms with Crippen molar-refractivity contribution in [1.82, 2.24) is 9.97 Å². The Morgan fingerprint density at radius 3 is 3.16 bits per heavy atom. The summed E-state index contributed by atoms with van der Waals surface area (Å²) in [6.07, 6.45) is 0.988. The van der Waals surface area contributed by atoms with Gasteiger partial charge in [-0.1, -0.05) is 6.92 Å². The third-order valence-corrected chi connectivity index (χ3v) is 4.22. The summed E-state index contributed by atoms with van der Waals surface area (Å²) in [4.78, 5) is 9.70. The van der Waals surface area contributed by atoms with Gasteiger partial charge in [-0.2, -0.15) is 4.98 Å². The fraction of sp³-hybridized carbons (Fsp3) is 0.500. The third kappa shape index (κ3) is 2.49. The van der Waals surface area contributed by atoms with E-state index >= 15 is 0 Å². The number of hydrogen-bond donors (Lipinski definition) is 3. The zero-order valence-electron chi connectivity index (χ0n) is 10.7. The molecule has 2 unspecified atom stereocenters. The zero-order chi connectivity index (χ0) is 13.2. The van der Waals surface area contributed by atoms with Crippen LogP contribution in [0.2, 0.25) is 0 Å². The van der Waals surface area contributed by atoms with Crippen molar-refractivity contribution in [1.29, 1.82) is 0 Å². The molecule has 1 aliphatic heterocycles. The monoisotopic (exact) mass is 279 g/mol. The topological polar surface area (TPSA) is 85.1 Å². The van der Waals surface area contributed by atoms with Crippen LogP contribution in [0.25, 0.3) is 10.2 Å². The van der Waals surface area contributed by atoms with E-state index in [0.717, 1.165) is 35.7 Å². The van der Waals surface area contributed by atoms with Gasteiger partial charge in [-0.05, 0) is 23.8 Å². The van der Waals surface area contributed by atoms with E-state index in [1.807, 2.05) is 11.4 Å². The first-order valence-electron chi connectivity index (χ1n) is 6.34. The summed E-state index contributed by atoms with van der Waals surface area (Å²) in [6, 6.07) is 2.41. The van der Waals surface area contributed by atoms with Crippen LogP contribution in [0.3, 0.4) is 0 Å². The van der Waals surface area contributed by atoms with Gasteiger partial charge in [0, 0.05) is 12.6 Å². The molecule has 0 radical (unpaired) electrons. The SMILES string of the molecule is CC1COCCC1Nc1nc(NN)nc2sccc12. The molecule has 2 aromatic rings. The molecule has 7 heteroatoms. The predicted molar refractivity (Wildman–Crippen MR) is 77.2 cm³/mol. The van der Waals surface area contributed by atoms with Gasteiger partial charge in [-0.25, -0.2) is 10.8 Å². The van der Waals surface area contributed by atoms with Crippen LogP contribution in [0, 0.1) is 5.92 Å². The Bertz CT molecular complexity index is 572. The van der Waals surface area contributed by atoms with E-state index in [0.29, 0.717) is 17.9 Å². The number of nitrogen functional groups attached to an aromatic ring is 1. The van der Waals surface area contributed by atoms with E-state index in [-0.39, 0.29) is 0 Å². The fourth-order valence-corrected chi connectivity index (χ4v) is 3.06. The van der Waals surface area contributed by atoms with Gasteiger partial charge in [0.15, 0.2) is 0 Å². The minimum Gasteiger partial charge on any atom is -0.381 e. The van der Waals surface area contributed by atoms with Crippen LogP contribution in [-0.4, -0.2) is 29.2 Å².